The number of nitrogens with one attached hydrogen (secondary N) is 1. The highest BCUT2D eigenvalue weighted by molar-refractivity contribution is 5.67. The van der Waals surface area contributed by atoms with E-state index in [-0.39, 0.29) is 6.61 Å². The fourth-order valence-electron chi connectivity index (χ4n) is 2.18. The van der Waals surface area contributed by atoms with Crippen molar-refractivity contribution in [3.05, 3.63) is 18.6 Å². The topological polar surface area (TPSA) is 65.7 Å². The predicted molar refractivity (Wildman–Crippen MR) is 70.0 cm³/mol. The first-order valence-corrected chi connectivity index (χ1v) is 6.22. The second-order valence-electron chi connectivity index (χ2n) is 4.51. The van der Waals surface area contributed by atoms with E-state index in [0.717, 1.165) is 17.3 Å². The lowest BCUT2D eigenvalue weighted by molar-refractivity contribution is 0.301. The highest BCUT2D eigenvalue weighted by Gasteiger charge is 2.31. The first-order valence-electron chi connectivity index (χ1n) is 6.22. The van der Waals surface area contributed by atoms with Gasteiger partial charge in [0, 0.05) is 32.0 Å². The number of hydrogen-bond donors (Lipinski definition) is 2. The predicted octanol–water partition coefficient (Wildman–Crippen LogP) is 0.732. The molecular formula is C12H17N5O. The molecule has 2 N–H and O–H groups in total. The number of aromatic nitrogens is 3. The van der Waals surface area contributed by atoms with Crippen molar-refractivity contribution >= 4 is 17.3 Å². The van der Waals surface area contributed by atoms with Crippen molar-refractivity contribution in [2.45, 2.75) is 18.9 Å². The molecule has 3 rings (SSSR count). The quantitative estimate of drug-likeness (QED) is 0.815. The third kappa shape index (κ3) is 1.88. The van der Waals surface area contributed by atoms with E-state index in [9.17, 15) is 5.11 Å². The Bertz CT molecular complexity index is 548. The summed E-state index contributed by atoms with van der Waals surface area (Å²) in [5.41, 5.74) is 0.842. The third-order valence-corrected chi connectivity index (χ3v) is 3.21. The molecule has 0 bridgehead atoms. The normalized spacial score (nSPS) is 15.0. The van der Waals surface area contributed by atoms with Gasteiger partial charge in [-0.1, -0.05) is 0 Å². The van der Waals surface area contributed by atoms with Crippen LogP contribution in [-0.4, -0.2) is 45.7 Å². The van der Waals surface area contributed by atoms with Gasteiger partial charge in [-0.05, 0) is 12.8 Å². The number of fused-ring (bicyclic) bond motifs is 1. The number of hydrogen-bond acceptors (Lipinski definition) is 5. The Labute approximate surface area is 105 Å². The van der Waals surface area contributed by atoms with Gasteiger partial charge in [-0.3, -0.25) is 0 Å². The lowest BCUT2D eigenvalue weighted by atomic mass is 10.4. The number of nitrogens with zero attached hydrogens (tertiary/aromatic N) is 4. The van der Waals surface area contributed by atoms with Crippen molar-refractivity contribution in [3.63, 3.8) is 0 Å². The fraction of sp³-hybridized carbons (Fsp3) is 0.500. The first kappa shape index (κ1) is 11.3. The van der Waals surface area contributed by atoms with Gasteiger partial charge in [0.2, 0.25) is 0 Å². The summed E-state index contributed by atoms with van der Waals surface area (Å²) in [6.07, 6.45) is 7.92. The van der Waals surface area contributed by atoms with Crippen molar-refractivity contribution in [2.24, 2.45) is 0 Å². The van der Waals surface area contributed by atoms with E-state index in [1.165, 1.54) is 12.8 Å². The van der Waals surface area contributed by atoms with Crippen molar-refractivity contribution < 1.29 is 5.11 Å². The Kier molecular flexibility index (Phi) is 2.79. The fourth-order valence-corrected chi connectivity index (χ4v) is 2.18. The number of anilines is 2. The van der Waals surface area contributed by atoms with Crippen LogP contribution in [0, 0.1) is 0 Å². The Hall–Kier alpha value is -1.82. The Morgan fingerprint density at radius 1 is 1.56 bits per heavy atom. The zero-order valence-electron chi connectivity index (χ0n) is 10.4. The minimum Gasteiger partial charge on any atom is -0.395 e. The van der Waals surface area contributed by atoms with Gasteiger partial charge in [-0.2, -0.15) is 0 Å². The molecular weight excluding hydrogens is 230 g/mol. The summed E-state index contributed by atoms with van der Waals surface area (Å²) < 4.78 is 1.96. The molecule has 1 saturated carbocycles. The number of aliphatic hydroxyl groups excluding tert-OH is 1. The molecule has 0 aromatic carbocycles. The Morgan fingerprint density at radius 2 is 2.39 bits per heavy atom. The van der Waals surface area contributed by atoms with Crippen molar-refractivity contribution in [2.75, 3.05) is 30.4 Å². The molecule has 0 aliphatic heterocycles. The lowest BCUT2D eigenvalue weighted by Gasteiger charge is -2.23. The maximum Gasteiger partial charge on any atom is 0.180 e. The van der Waals surface area contributed by atoms with Gasteiger partial charge < -0.3 is 19.7 Å². The molecule has 2 heterocycles. The van der Waals surface area contributed by atoms with Crippen molar-refractivity contribution in [1.82, 2.24) is 14.4 Å². The zero-order valence-corrected chi connectivity index (χ0v) is 10.4. The van der Waals surface area contributed by atoms with E-state index < -0.39 is 0 Å². The molecule has 1 aliphatic carbocycles. The lowest BCUT2D eigenvalue weighted by Crippen LogP contribution is -2.30. The van der Waals surface area contributed by atoms with Gasteiger partial charge in [0.25, 0.3) is 0 Å². The largest absolute Gasteiger partial charge is 0.395 e. The van der Waals surface area contributed by atoms with Crippen molar-refractivity contribution in [3.8, 4) is 0 Å². The van der Waals surface area contributed by atoms with Crippen LogP contribution in [0.25, 0.3) is 5.65 Å². The van der Waals surface area contributed by atoms with Crippen LogP contribution >= 0.6 is 0 Å². The second kappa shape index (κ2) is 4.45. The highest BCUT2D eigenvalue weighted by Crippen LogP contribution is 2.32. The van der Waals surface area contributed by atoms with E-state index in [2.05, 4.69) is 20.2 Å². The molecule has 2 aromatic rings. The maximum atomic E-state index is 9.21. The SMILES string of the molecule is CNc1cn2ccnc2c(N(CCO)C2CC2)n1. The van der Waals surface area contributed by atoms with E-state index in [4.69, 9.17) is 0 Å². The molecule has 0 amide bonds. The summed E-state index contributed by atoms with van der Waals surface area (Å²) in [5.74, 6) is 1.66. The van der Waals surface area contributed by atoms with E-state index >= 15 is 0 Å². The van der Waals surface area contributed by atoms with E-state index in [0.29, 0.717) is 12.6 Å². The molecule has 1 fully saturated rings. The van der Waals surface area contributed by atoms with Crippen LogP contribution in [0.15, 0.2) is 18.6 Å². The summed E-state index contributed by atoms with van der Waals surface area (Å²) in [5, 5.41) is 12.3. The summed E-state index contributed by atoms with van der Waals surface area (Å²) in [6, 6.07) is 0.497. The van der Waals surface area contributed by atoms with Gasteiger partial charge in [0.1, 0.15) is 5.82 Å². The molecule has 96 valence electrons. The number of aliphatic hydroxyl groups is 1. The molecule has 6 heteroatoms. The van der Waals surface area contributed by atoms with Crippen LogP contribution < -0.4 is 10.2 Å². The molecule has 0 atom stereocenters. The maximum absolute atomic E-state index is 9.21. The molecule has 0 saturated heterocycles. The van der Waals surface area contributed by atoms with Gasteiger partial charge in [-0.15, -0.1) is 0 Å². The van der Waals surface area contributed by atoms with E-state index in [1.807, 2.05) is 23.8 Å². The summed E-state index contributed by atoms with van der Waals surface area (Å²) in [6.45, 7) is 0.738. The number of rotatable bonds is 5. The summed E-state index contributed by atoms with van der Waals surface area (Å²) >= 11 is 0. The van der Waals surface area contributed by atoms with Crippen LogP contribution in [-0.2, 0) is 0 Å². The monoisotopic (exact) mass is 247 g/mol. The third-order valence-electron chi connectivity index (χ3n) is 3.21. The average Bonchev–Trinajstić information content (AvgIpc) is 3.12. The van der Waals surface area contributed by atoms with E-state index in [1.54, 1.807) is 6.20 Å². The molecule has 0 spiro atoms. The van der Waals surface area contributed by atoms with Crippen LogP contribution in [0.1, 0.15) is 12.8 Å². The Morgan fingerprint density at radius 3 is 3.06 bits per heavy atom. The smallest absolute Gasteiger partial charge is 0.180 e. The highest BCUT2D eigenvalue weighted by atomic mass is 16.3. The zero-order chi connectivity index (χ0) is 12.5. The minimum absolute atomic E-state index is 0.134. The minimum atomic E-state index is 0.134. The van der Waals surface area contributed by atoms with Gasteiger partial charge in [0.05, 0.1) is 12.8 Å². The van der Waals surface area contributed by atoms with Crippen LogP contribution in [0.5, 0.6) is 0 Å². The molecule has 0 radical (unpaired) electrons. The summed E-state index contributed by atoms with van der Waals surface area (Å²) in [7, 11) is 1.85. The van der Waals surface area contributed by atoms with Crippen molar-refractivity contribution in [1.29, 1.82) is 0 Å². The van der Waals surface area contributed by atoms with Crippen LogP contribution in [0.3, 0.4) is 0 Å². The molecule has 18 heavy (non-hydrogen) atoms. The van der Waals surface area contributed by atoms with Gasteiger partial charge in [0.15, 0.2) is 11.5 Å². The molecule has 0 unspecified atom stereocenters. The standard InChI is InChI=1S/C12H17N5O/c1-13-10-8-16-5-4-14-11(16)12(15-10)17(6-7-18)9-2-3-9/h4-5,8-9,13,18H,2-3,6-7H2,1H3. The molecule has 2 aromatic heterocycles. The number of imidazole rings is 1. The van der Waals surface area contributed by atoms with Gasteiger partial charge in [-0.25, -0.2) is 9.97 Å². The van der Waals surface area contributed by atoms with Crippen LogP contribution in [0.4, 0.5) is 11.6 Å². The summed E-state index contributed by atoms with van der Waals surface area (Å²) in [4.78, 5) is 11.1. The molecule has 1 aliphatic rings. The molecule has 6 nitrogen and oxygen atoms in total. The second-order valence-corrected chi connectivity index (χ2v) is 4.51. The van der Waals surface area contributed by atoms with Gasteiger partial charge >= 0.3 is 0 Å². The Balaban J connectivity index is 2.09. The average molecular weight is 247 g/mol. The van der Waals surface area contributed by atoms with Crippen LogP contribution in [0.2, 0.25) is 0 Å². The first-order chi connectivity index (χ1) is 8.83.